The standard InChI is InChI=1S/C22H25N3O2/c1-27-19-13-16-6-5-9-23-22(16)20(14-19)24-18-7-8-21(26)17(12-18)15-25-10-3-2-4-11-25/h5-9,12-14,24,26H,2-4,10-11,15H2,1H3. The lowest BCUT2D eigenvalue weighted by Crippen LogP contribution is -2.29. The van der Waals surface area contributed by atoms with Gasteiger partial charge in [-0.1, -0.05) is 12.5 Å². The molecule has 1 fully saturated rings. The molecular formula is C22H25N3O2. The Morgan fingerprint density at radius 2 is 1.96 bits per heavy atom. The van der Waals surface area contributed by atoms with Crippen LogP contribution in [0.3, 0.4) is 0 Å². The first-order chi connectivity index (χ1) is 13.2. The van der Waals surface area contributed by atoms with Gasteiger partial charge in [0.1, 0.15) is 11.5 Å². The summed E-state index contributed by atoms with van der Waals surface area (Å²) in [5.74, 6) is 1.13. The number of aromatic hydroxyl groups is 1. The predicted molar refractivity (Wildman–Crippen MR) is 109 cm³/mol. The largest absolute Gasteiger partial charge is 0.508 e. The van der Waals surface area contributed by atoms with Gasteiger partial charge < -0.3 is 15.2 Å². The van der Waals surface area contributed by atoms with Crippen molar-refractivity contribution in [1.82, 2.24) is 9.88 Å². The number of benzene rings is 2. The zero-order valence-corrected chi connectivity index (χ0v) is 15.6. The van der Waals surface area contributed by atoms with Crippen molar-refractivity contribution in [2.45, 2.75) is 25.8 Å². The Labute approximate surface area is 159 Å². The van der Waals surface area contributed by atoms with Crippen molar-refractivity contribution in [2.75, 3.05) is 25.5 Å². The number of methoxy groups -OCH3 is 1. The van der Waals surface area contributed by atoms with E-state index in [0.717, 1.165) is 53.2 Å². The molecule has 0 atom stereocenters. The molecule has 1 aliphatic rings. The number of anilines is 2. The molecular weight excluding hydrogens is 338 g/mol. The summed E-state index contributed by atoms with van der Waals surface area (Å²) in [7, 11) is 1.67. The fourth-order valence-corrected chi connectivity index (χ4v) is 3.68. The quantitative estimate of drug-likeness (QED) is 0.645. The molecule has 0 spiro atoms. The molecule has 0 radical (unpaired) electrons. The highest BCUT2D eigenvalue weighted by atomic mass is 16.5. The van der Waals surface area contributed by atoms with E-state index in [2.05, 4.69) is 15.2 Å². The Kier molecular flexibility index (Phi) is 5.12. The number of fused-ring (bicyclic) bond motifs is 1. The van der Waals surface area contributed by atoms with Crippen LogP contribution in [0.5, 0.6) is 11.5 Å². The summed E-state index contributed by atoms with van der Waals surface area (Å²) in [6.07, 6.45) is 5.57. The predicted octanol–water partition coefficient (Wildman–Crippen LogP) is 4.68. The average Bonchev–Trinajstić information content (AvgIpc) is 2.71. The fourth-order valence-electron chi connectivity index (χ4n) is 3.68. The smallest absolute Gasteiger partial charge is 0.121 e. The van der Waals surface area contributed by atoms with Gasteiger partial charge in [-0.15, -0.1) is 0 Å². The van der Waals surface area contributed by atoms with Crippen LogP contribution in [0.1, 0.15) is 24.8 Å². The molecule has 1 saturated heterocycles. The molecule has 0 saturated carbocycles. The Bertz CT molecular complexity index is 936. The lowest BCUT2D eigenvalue weighted by molar-refractivity contribution is 0.218. The number of aromatic nitrogens is 1. The molecule has 2 heterocycles. The summed E-state index contributed by atoms with van der Waals surface area (Å²) in [6, 6.07) is 13.6. The number of nitrogens with one attached hydrogen (secondary N) is 1. The zero-order valence-electron chi connectivity index (χ0n) is 15.6. The second kappa shape index (κ2) is 7.84. The van der Waals surface area contributed by atoms with Gasteiger partial charge in [0, 0.05) is 35.4 Å². The van der Waals surface area contributed by atoms with Crippen LogP contribution in [-0.2, 0) is 6.54 Å². The van der Waals surface area contributed by atoms with E-state index in [9.17, 15) is 5.11 Å². The molecule has 3 aromatic rings. The van der Waals surface area contributed by atoms with Gasteiger partial charge in [0.05, 0.1) is 18.3 Å². The summed E-state index contributed by atoms with van der Waals surface area (Å²) in [6.45, 7) is 2.97. The number of ether oxygens (including phenoxy) is 1. The SMILES string of the molecule is COc1cc(Nc2ccc(O)c(CN3CCCCC3)c2)c2ncccc2c1. The maximum Gasteiger partial charge on any atom is 0.121 e. The van der Waals surface area contributed by atoms with Crippen LogP contribution in [0, 0.1) is 0 Å². The molecule has 2 aromatic carbocycles. The minimum atomic E-state index is 0.347. The Balaban J connectivity index is 1.63. The van der Waals surface area contributed by atoms with Gasteiger partial charge in [-0.3, -0.25) is 9.88 Å². The van der Waals surface area contributed by atoms with Crippen molar-refractivity contribution >= 4 is 22.3 Å². The Morgan fingerprint density at radius 3 is 2.78 bits per heavy atom. The van der Waals surface area contributed by atoms with Crippen molar-refractivity contribution in [3.8, 4) is 11.5 Å². The van der Waals surface area contributed by atoms with Gasteiger partial charge in [0.2, 0.25) is 0 Å². The number of hydrogen-bond acceptors (Lipinski definition) is 5. The van der Waals surface area contributed by atoms with E-state index in [4.69, 9.17) is 4.74 Å². The van der Waals surface area contributed by atoms with Crippen molar-refractivity contribution in [1.29, 1.82) is 0 Å². The maximum absolute atomic E-state index is 10.3. The van der Waals surface area contributed by atoms with Crippen molar-refractivity contribution in [3.05, 3.63) is 54.2 Å². The van der Waals surface area contributed by atoms with Crippen molar-refractivity contribution < 1.29 is 9.84 Å². The summed E-state index contributed by atoms with van der Waals surface area (Å²) in [5.41, 5.74) is 3.66. The van der Waals surface area contributed by atoms with Crippen LogP contribution >= 0.6 is 0 Å². The number of likely N-dealkylation sites (tertiary alicyclic amines) is 1. The molecule has 0 bridgehead atoms. The van der Waals surface area contributed by atoms with Gasteiger partial charge >= 0.3 is 0 Å². The number of phenols is 1. The number of piperidine rings is 1. The van der Waals surface area contributed by atoms with E-state index < -0.39 is 0 Å². The topological polar surface area (TPSA) is 57.6 Å². The molecule has 27 heavy (non-hydrogen) atoms. The number of hydrogen-bond donors (Lipinski definition) is 2. The van der Waals surface area contributed by atoms with Gasteiger partial charge in [-0.05, 0) is 56.3 Å². The zero-order chi connectivity index (χ0) is 18.6. The summed E-state index contributed by atoms with van der Waals surface area (Å²) in [4.78, 5) is 6.92. The Hall–Kier alpha value is -2.79. The first-order valence-corrected chi connectivity index (χ1v) is 9.47. The molecule has 4 rings (SSSR count). The van der Waals surface area contributed by atoms with Crippen LogP contribution in [0.2, 0.25) is 0 Å². The highest BCUT2D eigenvalue weighted by Crippen LogP contribution is 2.32. The van der Waals surface area contributed by atoms with Crippen molar-refractivity contribution in [3.63, 3.8) is 0 Å². The van der Waals surface area contributed by atoms with Gasteiger partial charge in [-0.25, -0.2) is 0 Å². The average molecular weight is 363 g/mol. The van der Waals surface area contributed by atoms with E-state index >= 15 is 0 Å². The number of rotatable bonds is 5. The van der Waals surface area contributed by atoms with E-state index in [0.29, 0.717) is 5.75 Å². The third-order valence-corrected chi connectivity index (χ3v) is 5.12. The first-order valence-electron chi connectivity index (χ1n) is 9.47. The lowest BCUT2D eigenvalue weighted by atomic mass is 10.1. The summed E-state index contributed by atoms with van der Waals surface area (Å²) in [5, 5.41) is 14.8. The molecule has 1 aliphatic heterocycles. The molecule has 0 unspecified atom stereocenters. The number of pyridine rings is 1. The van der Waals surface area contributed by atoms with Gasteiger partial charge in [-0.2, -0.15) is 0 Å². The van der Waals surface area contributed by atoms with Crippen LogP contribution in [-0.4, -0.2) is 35.2 Å². The molecule has 5 nitrogen and oxygen atoms in total. The summed E-state index contributed by atoms with van der Waals surface area (Å²) < 4.78 is 5.43. The number of phenolic OH excluding ortho intramolecular Hbond substituents is 1. The van der Waals surface area contributed by atoms with E-state index in [1.807, 2.05) is 36.4 Å². The van der Waals surface area contributed by atoms with Crippen LogP contribution < -0.4 is 10.1 Å². The number of nitrogens with zero attached hydrogens (tertiary/aromatic N) is 2. The van der Waals surface area contributed by atoms with Crippen LogP contribution in [0.15, 0.2) is 48.7 Å². The van der Waals surface area contributed by atoms with Crippen LogP contribution in [0.25, 0.3) is 10.9 Å². The Morgan fingerprint density at radius 1 is 1.11 bits per heavy atom. The highest BCUT2D eigenvalue weighted by Gasteiger charge is 2.13. The molecule has 0 aliphatic carbocycles. The lowest BCUT2D eigenvalue weighted by Gasteiger charge is -2.26. The third-order valence-electron chi connectivity index (χ3n) is 5.12. The normalized spacial score (nSPS) is 15.0. The molecule has 1 aromatic heterocycles. The first kappa shape index (κ1) is 17.6. The van der Waals surface area contributed by atoms with E-state index in [-0.39, 0.29) is 0 Å². The van der Waals surface area contributed by atoms with Gasteiger partial charge in [0.25, 0.3) is 0 Å². The van der Waals surface area contributed by atoms with Crippen LogP contribution in [0.4, 0.5) is 11.4 Å². The second-order valence-electron chi connectivity index (χ2n) is 7.06. The maximum atomic E-state index is 10.3. The monoisotopic (exact) mass is 363 g/mol. The summed E-state index contributed by atoms with van der Waals surface area (Å²) >= 11 is 0. The molecule has 140 valence electrons. The molecule has 0 amide bonds. The minimum Gasteiger partial charge on any atom is -0.508 e. The molecule has 5 heteroatoms. The van der Waals surface area contributed by atoms with Gasteiger partial charge in [0.15, 0.2) is 0 Å². The van der Waals surface area contributed by atoms with E-state index in [1.54, 1.807) is 19.4 Å². The highest BCUT2D eigenvalue weighted by molar-refractivity contribution is 5.93. The van der Waals surface area contributed by atoms with Crippen molar-refractivity contribution in [2.24, 2.45) is 0 Å². The fraction of sp³-hybridized carbons (Fsp3) is 0.318. The third kappa shape index (κ3) is 3.98. The second-order valence-corrected chi connectivity index (χ2v) is 7.06. The van der Waals surface area contributed by atoms with E-state index in [1.165, 1.54) is 19.3 Å². The minimum absolute atomic E-state index is 0.347. The molecule has 2 N–H and O–H groups in total.